The Kier molecular flexibility index (Phi) is 2.40. The summed E-state index contributed by atoms with van der Waals surface area (Å²) in [7, 11) is 0. The minimum Gasteiger partial charge on any atom is -0.325 e. The Labute approximate surface area is 90.7 Å². The molecule has 16 heavy (non-hydrogen) atoms. The molecular formula is C11H10F3NO. The third kappa shape index (κ3) is 1.89. The Morgan fingerprint density at radius 3 is 2.62 bits per heavy atom. The predicted molar refractivity (Wildman–Crippen MR) is 52.0 cm³/mol. The number of carbonyl (C=O) groups excluding carboxylic acids is 1. The van der Waals surface area contributed by atoms with Crippen molar-refractivity contribution in [1.29, 1.82) is 0 Å². The second-order valence-electron chi connectivity index (χ2n) is 3.89. The maximum Gasteiger partial charge on any atom is 0.406 e. The molecule has 0 atom stereocenters. The van der Waals surface area contributed by atoms with Gasteiger partial charge in [-0.2, -0.15) is 13.2 Å². The van der Waals surface area contributed by atoms with Crippen LogP contribution in [0.15, 0.2) is 18.2 Å². The van der Waals surface area contributed by atoms with Crippen LogP contribution in [0.5, 0.6) is 0 Å². The Morgan fingerprint density at radius 2 is 2.06 bits per heavy atom. The Hall–Kier alpha value is -1.52. The van der Waals surface area contributed by atoms with Crippen LogP contribution in [-0.4, -0.2) is 23.5 Å². The molecular weight excluding hydrogens is 219 g/mol. The Bertz CT molecular complexity index is 439. The van der Waals surface area contributed by atoms with E-state index in [1.807, 2.05) is 0 Å². The van der Waals surface area contributed by atoms with Crippen LogP contribution in [0.25, 0.3) is 0 Å². The lowest BCUT2D eigenvalue weighted by Gasteiger charge is -2.17. The summed E-state index contributed by atoms with van der Waals surface area (Å²) in [6.07, 6.45) is -4.34. The molecule has 1 amide bonds. The number of hydrogen-bond donors (Lipinski definition) is 0. The summed E-state index contributed by atoms with van der Waals surface area (Å²) in [5.74, 6) is -0.523. The first-order valence-electron chi connectivity index (χ1n) is 4.83. The van der Waals surface area contributed by atoms with Crippen molar-refractivity contribution in [3.8, 4) is 0 Å². The number of hydrogen-bond acceptors (Lipinski definition) is 1. The van der Waals surface area contributed by atoms with Crippen molar-refractivity contribution in [2.24, 2.45) is 0 Å². The molecule has 1 aromatic rings. The summed E-state index contributed by atoms with van der Waals surface area (Å²) in [5.41, 5.74) is 1.83. The van der Waals surface area contributed by atoms with E-state index in [1.54, 1.807) is 25.1 Å². The molecule has 5 heteroatoms. The summed E-state index contributed by atoms with van der Waals surface area (Å²) in [4.78, 5) is 12.6. The van der Waals surface area contributed by atoms with E-state index in [2.05, 4.69) is 0 Å². The molecule has 0 saturated carbocycles. The smallest absolute Gasteiger partial charge is 0.325 e. The van der Waals surface area contributed by atoms with E-state index in [1.165, 1.54) is 0 Å². The summed E-state index contributed by atoms with van der Waals surface area (Å²) in [5, 5.41) is 0. The molecule has 0 saturated heterocycles. The van der Waals surface area contributed by atoms with Gasteiger partial charge in [0.15, 0.2) is 0 Å². The van der Waals surface area contributed by atoms with Crippen LogP contribution in [0.1, 0.15) is 21.5 Å². The van der Waals surface area contributed by atoms with Crippen molar-refractivity contribution in [1.82, 2.24) is 4.90 Å². The SMILES string of the molecule is Cc1cccc2c1C(=O)N(CC(F)(F)F)C2. The first-order valence-corrected chi connectivity index (χ1v) is 4.83. The molecule has 0 bridgehead atoms. The lowest BCUT2D eigenvalue weighted by molar-refractivity contribution is -0.140. The van der Waals surface area contributed by atoms with Crippen molar-refractivity contribution in [3.63, 3.8) is 0 Å². The highest BCUT2D eigenvalue weighted by Crippen LogP contribution is 2.28. The highest BCUT2D eigenvalue weighted by atomic mass is 19.4. The van der Waals surface area contributed by atoms with E-state index in [0.29, 0.717) is 11.1 Å². The van der Waals surface area contributed by atoms with Gasteiger partial charge in [-0.3, -0.25) is 4.79 Å². The predicted octanol–water partition coefficient (Wildman–Crippen LogP) is 2.51. The van der Waals surface area contributed by atoms with Gasteiger partial charge in [0.1, 0.15) is 6.54 Å². The topological polar surface area (TPSA) is 20.3 Å². The van der Waals surface area contributed by atoms with Gasteiger partial charge in [-0.25, -0.2) is 0 Å². The minimum absolute atomic E-state index is 0.0509. The molecule has 0 radical (unpaired) electrons. The van der Waals surface area contributed by atoms with Crippen LogP contribution in [0.4, 0.5) is 13.2 Å². The van der Waals surface area contributed by atoms with Gasteiger partial charge in [0.05, 0.1) is 0 Å². The quantitative estimate of drug-likeness (QED) is 0.724. The lowest BCUT2D eigenvalue weighted by Crippen LogP contribution is -2.34. The van der Waals surface area contributed by atoms with Crippen molar-refractivity contribution in [2.45, 2.75) is 19.6 Å². The highest BCUT2D eigenvalue weighted by molar-refractivity contribution is 5.99. The van der Waals surface area contributed by atoms with Crippen LogP contribution in [0.2, 0.25) is 0 Å². The standard InChI is InChI=1S/C11H10F3NO/c1-7-3-2-4-8-5-15(6-11(12,13)14)10(16)9(7)8/h2-4H,5-6H2,1H3. The molecule has 1 aliphatic rings. The van der Waals surface area contributed by atoms with E-state index in [4.69, 9.17) is 0 Å². The van der Waals surface area contributed by atoms with Crippen molar-refractivity contribution in [3.05, 3.63) is 34.9 Å². The molecule has 0 unspecified atom stereocenters. The van der Waals surface area contributed by atoms with Crippen molar-refractivity contribution >= 4 is 5.91 Å². The molecule has 0 aromatic heterocycles. The molecule has 0 spiro atoms. The van der Waals surface area contributed by atoms with E-state index in [0.717, 1.165) is 10.5 Å². The highest BCUT2D eigenvalue weighted by Gasteiger charge is 2.37. The number of halogens is 3. The number of benzene rings is 1. The van der Waals surface area contributed by atoms with E-state index < -0.39 is 18.6 Å². The number of carbonyl (C=O) groups is 1. The molecule has 2 rings (SSSR count). The maximum atomic E-state index is 12.2. The van der Waals surface area contributed by atoms with Crippen LogP contribution < -0.4 is 0 Å². The molecule has 0 aliphatic carbocycles. The summed E-state index contributed by atoms with van der Waals surface area (Å²) in [6, 6.07) is 5.17. The van der Waals surface area contributed by atoms with Gasteiger partial charge >= 0.3 is 6.18 Å². The monoisotopic (exact) mass is 229 g/mol. The molecule has 2 nitrogen and oxygen atoms in total. The normalized spacial score (nSPS) is 15.5. The summed E-state index contributed by atoms with van der Waals surface area (Å²) < 4.78 is 36.6. The van der Waals surface area contributed by atoms with Crippen LogP contribution in [0, 0.1) is 6.92 Å². The second kappa shape index (κ2) is 3.50. The number of fused-ring (bicyclic) bond motifs is 1. The van der Waals surface area contributed by atoms with Gasteiger partial charge in [-0.05, 0) is 18.1 Å². The molecule has 1 heterocycles. The number of alkyl halides is 3. The average molecular weight is 229 g/mol. The third-order valence-electron chi connectivity index (χ3n) is 2.59. The molecule has 1 aliphatic heterocycles. The second-order valence-corrected chi connectivity index (χ2v) is 3.89. The number of aryl methyl sites for hydroxylation is 1. The zero-order valence-electron chi connectivity index (χ0n) is 8.64. The van der Waals surface area contributed by atoms with E-state index in [9.17, 15) is 18.0 Å². The number of nitrogens with zero attached hydrogens (tertiary/aromatic N) is 1. The fourth-order valence-corrected chi connectivity index (χ4v) is 1.95. The zero-order chi connectivity index (χ0) is 11.9. The average Bonchev–Trinajstić information content (AvgIpc) is 2.42. The van der Waals surface area contributed by atoms with Gasteiger partial charge in [0.25, 0.3) is 5.91 Å². The molecule has 0 fully saturated rings. The lowest BCUT2D eigenvalue weighted by atomic mass is 10.0. The van der Waals surface area contributed by atoms with Gasteiger partial charge in [-0.15, -0.1) is 0 Å². The zero-order valence-corrected chi connectivity index (χ0v) is 8.64. The van der Waals surface area contributed by atoms with Gasteiger partial charge < -0.3 is 4.90 Å². The third-order valence-corrected chi connectivity index (χ3v) is 2.59. The number of rotatable bonds is 1. The fraction of sp³-hybridized carbons (Fsp3) is 0.364. The van der Waals surface area contributed by atoms with Gasteiger partial charge in [0.2, 0.25) is 0 Å². The van der Waals surface area contributed by atoms with Crippen LogP contribution in [-0.2, 0) is 6.54 Å². The number of amides is 1. The maximum absolute atomic E-state index is 12.2. The van der Waals surface area contributed by atoms with Gasteiger partial charge in [-0.1, -0.05) is 18.2 Å². The Balaban J connectivity index is 2.28. The Morgan fingerprint density at radius 1 is 1.38 bits per heavy atom. The largest absolute Gasteiger partial charge is 0.406 e. The first-order chi connectivity index (χ1) is 7.38. The molecule has 1 aromatic carbocycles. The van der Waals surface area contributed by atoms with E-state index >= 15 is 0 Å². The van der Waals surface area contributed by atoms with Crippen molar-refractivity contribution in [2.75, 3.05) is 6.54 Å². The van der Waals surface area contributed by atoms with Crippen LogP contribution >= 0.6 is 0 Å². The molecule has 86 valence electrons. The summed E-state index contributed by atoms with van der Waals surface area (Å²) >= 11 is 0. The van der Waals surface area contributed by atoms with Gasteiger partial charge in [0, 0.05) is 12.1 Å². The van der Waals surface area contributed by atoms with E-state index in [-0.39, 0.29) is 6.54 Å². The minimum atomic E-state index is -4.34. The molecule has 0 N–H and O–H groups in total. The fourth-order valence-electron chi connectivity index (χ4n) is 1.95. The summed E-state index contributed by atoms with van der Waals surface area (Å²) in [6.45, 7) is 0.600. The first kappa shape index (κ1) is 11.0. The van der Waals surface area contributed by atoms with Crippen LogP contribution in [0.3, 0.4) is 0 Å². The van der Waals surface area contributed by atoms with Crippen molar-refractivity contribution < 1.29 is 18.0 Å².